The first-order valence-electron chi connectivity index (χ1n) is 4.75. The minimum absolute atomic E-state index is 0.450. The molecule has 0 spiro atoms. The van der Waals surface area contributed by atoms with Crippen molar-refractivity contribution in [2.75, 3.05) is 0 Å². The Morgan fingerprint density at radius 1 is 1.54 bits per heavy atom. The lowest BCUT2D eigenvalue weighted by atomic mass is 10.0. The van der Waals surface area contributed by atoms with Crippen LogP contribution in [-0.4, -0.2) is 0 Å². The molecule has 0 fully saturated rings. The minimum Gasteiger partial charge on any atom is -0.398 e. The monoisotopic (exact) mass is 175 g/mol. The maximum atomic E-state index is 5.90. The Balaban J connectivity index is 3.11. The van der Waals surface area contributed by atoms with Gasteiger partial charge in [-0.2, -0.15) is 0 Å². The van der Waals surface area contributed by atoms with E-state index < -0.39 is 0 Å². The Bertz CT molecular complexity index is 312. The second-order valence-corrected chi connectivity index (χ2v) is 3.51. The summed E-state index contributed by atoms with van der Waals surface area (Å²) < 4.78 is 0. The molecule has 1 rings (SSSR count). The molecule has 0 radical (unpaired) electrons. The second-order valence-electron chi connectivity index (χ2n) is 3.51. The average molecular weight is 175 g/mol. The van der Waals surface area contributed by atoms with E-state index >= 15 is 0 Å². The lowest BCUT2D eigenvalue weighted by Gasteiger charge is -2.07. The van der Waals surface area contributed by atoms with E-state index in [-0.39, 0.29) is 0 Å². The van der Waals surface area contributed by atoms with E-state index in [1.165, 1.54) is 5.57 Å². The van der Waals surface area contributed by atoms with Crippen LogP contribution in [0, 0.1) is 5.92 Å². The molecule has 0 aromatic carbocycles. The van der Waals surface area contributed by atoms with Gasteiger partial charge in [0.2, 0.25) is 0 Å². The molecule has 70 valence electrons. The molecule has 1 aliphatic carbocycles. The molecule has 0 bridgehead atoms. The van der Waals surface area contributed by atoms with Crippen molar-refractivity contribution < 1.29 is 0 Å². The van der Waals surface area contributed by atoms with E-state index in [1.807, 2.05) is 6.08 Å². The molecule has 2 N–H and O–H groups in total. The summed E-state index contributed by atoms with van der Waals surface area (Å²) in [6, 6.07) is 0. The fourth-order valence-electron chi connectivity index (χ4n) is 1.46. The van der Waals surface area contributed by atoms with Crippen molar-refractivity contribution in [3.05, 3.63) is 40.8 Å². The Morgan fingerprint density at radius 2 is 2.23 bits per heavy atom. The Kier molecular flexibility index (Phi) is 3.16. The van der Waals surface area contributed by atoms with Crippen molar-refractivity contribution in [2.45, 2.75) is 27.2 Å². The first-order chi connectivity index (χ1) is 6.13. The number of rotatable bonds is 1. The van der Waals surface area contributed by atoms with Crippen LogP contribution in [0.25, 0.3) is 0 Å². The van der Waals surface area contributed by atoms with Gasteiger partial charge in [-0.05, 0) is 31.4 Å². The highest BCUT2D eigenvalue weighted by molar-refractivity contribution is 5.36. The molecule has 1 unspecified atom stereocenters. The number of hydrogen-bond acceptors (Lipinski definition) is 1. The molecular weight excluding hydrogens is 158 g/mol. The largest absolute Gasteiger partial charge is 0.398 e. The molecule has 0 aromatic rings. The zero-order valence-electron chi connectivity index (χ0n) is 8.59. The van der Waals surface area contributed by atoms with Crippen molar-refractivity contribution in [2.24, 2.45) is 11.7 Å². The van der Waals surface area contributed by atoms with Gasteiger partial charge < -0.3 is 5.73 Å². The van der Waals surface area contributed by atoms with Crippen molar-refractivity contribution in [1.29, 1.82) is 0 Å². The van der Waals surface area contributed by atoms with Gasteiger partial charge in [0, 0.05) is 11.3 Å². The number of nitrogens with two attached hydrogens (primary N) is 1. The number of hydrogen-bond donors (Lipinski definition) is 1. The molecule has 0 heterocycles. The second kappa shape index (κ2) is 4.15. The predicted molar refractivity (Wildman–Crippen MR) is 57.1 cm³/mol. The Hall–Kier alpha value is -1.20. The molecule has 1 heteroatoms. The summed E-state index contributed by atoms with van der Waals surface area (Å²) in [5, 5.41) is 0. The van der Waals surface area contributed by atoms with E-state index in [0.29, 0.717) is 5.92 Å². The van der Waals surface area contributed by atoms with Crippen LogP contribution >= 0.6 is 0 Å². The van der Waals surface area contributed by atoms with Gasteiger partial charge in [-0.15, -0.1) is 5.73 Å². The molecule has 0 amide bonds. The highest BCUT2D eigenvalue weighted by Gasteiger charge is 2.01. The Morgan fingerprint density at radius 3 is 2.85 bits per heavy atom. The first-order valence-corrected chi connectivity index (χ1v) is 4.75. The van der Waals surface area contributed by atoms with Crippen LogP contribution in [0.4, 0.5) is 0 Å². The SMILES string of the molecule is CCC1=C=CC(C)/C=C(/C)C=C1N. The summed E-state index contributed by atoms with van der Waals surface area (Å²) >= 11 is 0. The van der Waals surface area contributed by atoms with E-state index in [2.05, 4.69) is 38.7 Å². The topological polar surface area (TPSA) is 26.0 Å². The van der Waals surface area contributed by atoms with E-state index in [9.17, 15) is 0 Å². The van der Waals surface area contributed by atoms with Crippen LogP contribution in [0.1, 0.15) is 27.2 Å². The van der Waals surface area contributed by atoms with E-state index in [1.54, 1.807) is 0 Å². The molecule has 1 nitrogen and oxygen atoms in total. The van der Waals surface area contributed by atoms with Crippen LogP contribution in [0.15, 0.2) is 40.8 Å². The summed E-state index contributed by atoms with van der Waals surface area (Å²) in [5.74, 6) is 0.450. The minimum atomic E-state index is 0.450. The highest BCUT2D eigenvalue weighted by atomic mass is 14.6. The van der Waals surface area contributed by atoms with Gasteiger partial charge in [-0.3, -0.25) is 0 Å². The summed E-state index contributed by atoms with van der Waals surface area (Å²) in [6.07, 6.45) is 7.22. The van der Waals surface area contributed by atoms with Crippen LogP contribution in [0.5, 0.6) is 0 Å². The summed E-state index contributed by atoms with van der Waals surface area (Å²) in [5.41, 5.74) is 12.3. The fourth-order valence-corrected chi connectivity index (χ4v) is 1.46. The third-order valence-electron chi connectivity index (χ3n) is 2.13. The summed E-state index contributed by atoms with van der Waals surface area (Å²) in [4.78, 5) is 0. The molecule has 1 atom stereocenters. The van der Waals surface area contributed by atoms with Crippen molar-refractivity contribution in [1.82, 2.24) is 0 Å². The predicted octanol–water partition coefficient (Wildman–Crippen LogP) is 2.92. The summed E-state index contributed by atoms with van der Waals surface area (Å²) in [7, 11) is 0. The molecule has 13 heavy (non-hydrogen) atoms. The smallest absolute Gasteiger partial charge is 0.0427 e. The molecule has 1 aliphatic rings. The maximum Gasteiger partial charge on any atom is 0.0427 e. The zero-order chi connectivity index (χ0) is 9.84. The van der Waals surface area contributed by atoms with Gasteiger partial charge in [-0.1, -0.05) is 25.5 Å². The maximum absolute atomic E-state index is 5.90. The van der Waals surface area contributed by atoms with Gasteiger partial charge in [-0.25, -0.2) is 0 Å². The third kappa shape index (κ3) is 2.64. The summed E-state index contributed by atoms with van der Waals surface area (Å²) in [6.45, 7) is 6.33. The standard InChI is InChI=1S/C12H17N/c1-4-11-6-5-9(2)7-10(3)8-12(11)13/h5,7-9H,4,13H2,1-3H3/b10-7-,12-8?. The van der Waals surface area contributed by atoms with Crippen molar-refractivity contribution >= 4 is 0 Å². The van der Waals surface area contributed by atoms with Crippen molar-refractivity contribution in [3.63, 3.8) is 0 Å². The zero-order valence-corrected chi connectivity index (χ0v) is 8.59. The quantitative estimate of drug-likeness (QED) is 0.609. The van der Waals surface area contributed by atoms with Crippen LogP contribution in [0.2, 0.25) is 0 Å². The van der Waals surface area contributed by atoms with E-state index in [4.69, 9.17) is 5.73 Å². The van der Waals surface area contributed by atoms with E-state index in [0.717, 1.165) is 17.7 Å². The highest BCUT2D eigenvalue weighted by Crippen LogP contribution is 2.15. The molecule has 0 saturated heterocycles. The van der Waals surface area contributed by atoms with Crippen LogP contribution in [0.3, 0.4) is 0 Å². The molecular formula is C12H17N. The first kappa shape index (κ1) is 9.88. The van der Waals surface area contributed by atoms with Gasteiger partial charge in [0.1, 0.15) is 0 Å². The lowest BCUT2D eigenvalue weighted by Crippen LogP contribution is -2.02. The van der Waals surface area contributed by atoms with Crippen LogP contribution < -0.4 is 5.73 Å². The van der Waals surface area contributed by atoms with Crippen molar-refractivity contribution in [3.8, 4) is 0 Å². The third-order valence-corrected chi connectivity index (χ3v) is 2.13. The average Bonchev–Trinajstić information content (AvgIpc) is 2.02. The lowest BCUT2D eigenvalue weighted by molar-refractivity contribution is 0.924. The van der Waals surface area contributed by atoms with Gasteiger partial charge in [0.05, 0.1) is 0 Å². The fraction of sp³-hybridized carbons (Fsp3) is 0.417. The van der Waals surface area contributed by atoms with Crippen LogP contribution in [-0.2, 0) is 0 Å². The molecule has 0 aromatic heterocycles. The normalized spacial score (nSPS) is 26.7. The number of allylic oxidation sites excluding steroid dienone is 4. The van der Waals surface area contributed by atoms with Gasteiger partial charge in [0.15, 0.2) is 0 Å². The molecule has 0 aliphatic heterocycles. The van der Waals surface area contributed by atoms with Gasteiger partial charge in [0.25, 0.3) is 0 Å². The molecule has 0 saturated carbocycles. The Labute approximate surface area is 80.3 Å². The van der Waals surface area contributed by atoms with Gasteiger partial charge >= 0.3 is 0 Å².